The molecule has 0 aliphatic heterocycles. The van der Waals surface area contributed by atoms with Crippen molar-refractivity contribution in [1.29, 1.82) is 0 Å². The lowest BCUT2D eigenvalue weighted by atomic mass is 10.1. The van der Waals surface area contributed by atoms with E-state index in [2.05, 4.69) is 0 Å². The predicted molar refractivity (Wildman–Crippen MR) is 91.8 cm³/mol. The van der Waals surface area contributed by atoms with Gasteiger partial charge in [0.15, 0.2) is 0 Å². The Morgan fingerprint density at radius 3 is 2.42 bits per heavy atom. The number of aromatic nitrogens is 1. The molecule has 1 atom stereocenters. The van der Waals surface area contributed by atoms with Gasteiger partial charge in [-0.2, -0.15) is 24.9 Å². The molecule has 1 aromatic carbocycles. The minimum Gasteiger partial charge on any atom is -0.386 e. The highest BCUT2D eigenvalue weighted by Crippen LogP contribution is 2.40. The van der Waals surface area contributed by atoms with Crippen molar-refractivity contribution < 1.29 is 31.6 Å². The van der Waals surface area contributed by atoms with Crippen molar-refractivity contribution >= 4 is 38.4 Å². The molecule has 1 aromatic heterocycles. The SMILES string of the molecule is CCSCC(O)c1cc2cc([N+](=O)[O-])c(C(F)(F)F)cc2n1S(C)(=O)=O. The smallest absolute Gasteiger partial charge is 0.386 e. The summed E-state index contributed by atoms with van der Waals surface area (Å²) in [5, 5.41) is 21.2. The van der Waals surface area contributed by atoms with Crippen LogP contribution in [0.15, 0.2) is 18.2 Å². The first kappa shape index (κ1) is 20.5. The minimum atomic E-state index is -5.04. The van der Waals surface area contributed by atoms with Crippen LogP contribution in [0.5, 0.6) is 0 Å². The largest absolute Gasteiger partial charge is 0.423 e. The highest BCUT2D eigenvalue weighted by atomic mass is 32.2. The van der Waals surface area contributed by atoms with Crippen LogP contribution in [-0.2, 0) is 16.2 Å². The van der Waals surface area contributed by atoms with Crippen LogP contribution in [0.4, 0.5) is 18.9 Å². The minimum absolute atomic E-state index is 0.0781. The molecule has 0 aliphatic carbocycles. The third-order valence-electron chi connectivity index (χ3n) is 3.56. The molecule has 1 N–H and O–H groups in total. The lowest BCUT2D eigenvalue weighted by molar-refractivity contribution is -0.387. The zero-order chi connectivity index (χ0) is 19.9. The zero-order valence-corrected chi connectivity index (χ0v) is 15.3. The second kappa shape index (κ2) is 7.08. The quantitative estimate of drug-likeness (QED) is 0.578. The summed E-state index contributed by atoms with van der Waals surface area (Å²) in [6, 6.07) is 2.26. The van der Waals surface area contributed by atoms with E-state index in [4.69, 9.17) is 0 Å². The zero-order valence-electron chi connectivity index (χ0n) is 13.6. The van der Waals surface area contributed by atoms with Crippen molar-refractivity contribution in [2.75, 3.05) is 17.8 Å². The number of nitrogens with zero attached hydrogens (tertiary/aromatic N) is 2. The molecule has 0 aliphatic rings. The van der Waals surface area contributed by atoms with Crippen LogP contribution < -0.4 is 0 Å². The van der Waals surface area contributed by atoms with Gasteiger partial charge in [-0.05, 0) is 17.9 Å². The van der Waals surface area contributed by atoms with Crippen molar-refractivity contribution in [2.45, 2.75) is 19.2 Å². The summed E-state index contributed by atoms with van der Waals surface area (Å²) in [7, 11) is -4.07. The first-order chi connectivity index (χ1) is 11.9. The lowest BCUT2D eigenvalue weighted by Crippen LogP contribution is -2.17. The van der Waals surface area contributed by atoms with Crippen LogP contribution in [0.25, 0.3) is 10.9 Å². The average Bonchev–Trinajstić information content (AvgIpc) is 2.89. The van der Waals surface area contributed by atoms with Crippen molar-refractivity contribution in [3.05, 3.63) is 39.6 Å². The molecule has 0 saturated heterocycles. The maximum absolute atomic E-state index is 13.2. The normalized spacial score (nSPS) is 13.9. The van der Waals surface area contributed by atoms with Crippen molar-refractivity contribution in [1.82, 2.24) is 3.97 Å². The number of aliphatic hydroxyl groups excluding tert-OH is 1. The van der Waals surface area contributed by atoms with Gasteiger partial charge in [0.25, 0.3) is 5.69 Å². The third kappa shape index (κ3) is 3.96. The summed E-state index contributed by atoms with van der Waals surface area (Å²) < 4.78 is 64.4. The molecule has 1 unspecified atom stereocenters. The Balaban J connectivity index is 2.86. The fourth-order valence-electron chi connectivity index (χ4n) is 2.54. The van der Waals surface area contributed by atoms with E-state index in [1.807, 2.05) is 6.92 Å². The number of aliphatic hydroxyl groups is 1. The van der Waals surface area contributed by atoms with Crippen LogP contribution in [0.2, 0.25) is 0 Å². The van der Waals surface area contributed by atoms with Gasteiger partial charge in [-0.15, -0.1) is 0 Å². The Morgan fingerprint density at radius 2 is 1.96 bits per heavy atom. The molecule has 0 saturated carbocycles. The van der Waals surface area contributed by atoms with Crippen LogP contribution in [-0.4, -0.2) is 40.2 Å². The third-order valence-corrected chi connectivity index (χ3v) is 5.59. The van der Waals surface area contributed by atoms with Crippen LogP contribution in [0.3, 0.4) is 0 Å². The molecule has 1 heterocycles. The molecule has 0 radical (unpaired) electrons. The molecule has 2 rings (SSSR count). The Kier molecular flexibility index (Phi) is 5.59. The number of alkyl halides is 3. The highest BCUT2D eigenvalue weighted by Gasteiger charge is 2.39. The van der Waals surface area contributed by atoms with E-state index >= 15 is 0 Å². The second-order valence-electron chi connectivity index (χ2n) is 5.45. The molecule has 0 spiro atoms. The predicted octanol–water partition coefficient (Wildman–Crippen LogP) is 3.16. The fraction of sp³-hybridized carbons (Fsp3) is 0.429. The Morgan fingerprint density at radius 1 is 1.35 bits per heavy atom. The van der Waals surface area contributed by atoms with E-state index < -0.39 is 38.5 Å². The van der Waals surface area contributed by atoms with Gasteiger partial charge in [-0.25, -0.2) is 12.4 Å². The first-order valence-electron chi connectivity index (χ1n) is 7.25. The Bertz CT molecular complexity index is 954. The molecular formula is C14H15F3N2O5S2. The van der Waals surface area contributed by atoms with Gasteiger partial charge in [-0.3, -0.25) is 10.1 Å². The molecule has 26 heavy (non-hydrogen) atoms. The van der Waals surface area contributed by atoms with Gasteiger partial charge in [0, 0.05) is 17.2 Å². The van der Waals surface area contributed by atoms with E-state index in [1.165, 1.54) is 11.8 Å². The first-order valence-corrected chi connectivity index (χ1v) is 10.3. The van der Waals surface area contributed by atoms with Gasteiger partial charge in [0.05, 0.1) is 22.4 Å². The summed E-state index contributed by atoms with van der Waals surface area (Å²) in [5.74, 6) is 0.760. The number of nitro groups is 1. The number of hydrogen-bond donors (Lipinski definition) is 1. The molecule has 7 nitrogen and oxygen atoms in total. The van der Waals surface area contributed by atoms with Crippen molar-refractivity contribution in [3.8, 4) is 0 Å². The molecule has 0 amide bonds. The monoisotopic (exact) mass is 412 g/mol. The fourth-order valence-corrected chi connectivity index (χ4v) is 4.24. The van der Waals surface area contributed by atoms with Crippen molar-refractivity contribution in [3.63, 3.8) is 0 Å². The van der Waals surface area contributed by atoms with E-state index in [-0.39, 0.29) is 22.3 Å². The number of nitro benzene ring substituents is 1. The van der Waals surface area contributed by atoms with E-state index in [1.54, 1.807) is 0 Å². The molecule has 0 fully saturated rings. The van der Waals surface area contributed by atoms with Crippen LogP contribution in [0, 0.1) is 10.1 Å². The number of rotatable bonds is 6. The topological polar surface area (TPSA) is 102 Å². The van der Waals surface area contributed by atoms with Gasteiger partial charge < -0.3 is 5.11 Å². The summed E-state index contributed by atoms with van der Waals surface area (Å²) in [4.78, 5) is 9.83. The molecule has 144 valence electrons. The number of hydrogen-bond acceptors (Lipinski definition) is 6. The maximum Gasteiger partial charge on any atom is 0.423 e. The average molecular weight is 412 g/mol. The Labute approximate surface area is 151 Å². The van der Waals surface area contributed by atoms with Crippen LogP contribution >= 0.6 is 11.8 Å². The summed E-state index contributed by atoms with van der Waals surface area (Å²) >= 11 is 1.31. The number of halogens is 3. The van der Waals surface area contributed by atoms with Gasteiger partial charge >= 0.3 is 6.18 Å². The maximum atomic E-state index is 13.2. The van der Waals surface area contributed by atoms with Crippen molar-refractivity contribution in [2.24, 2.45) is 0 Å². The number of fused-ring (bicyclic) bond motifs is 1. The van der Waals surface area contributed by atoms with E-state index in [9.17, 15) is 36.8 Å². The highest BCUT2D eigenvalue weighted by molar-refractivity contribution is 7.99. The second-order valence-corrected chi connectivity index (χ2v) is 8.61. The molecule has 2 aromatic rings. The molecular weight excluding hydrogens is 397 g/mol. The van der Waals surface area contributed by atoms with Gasteiger partial charge in [0.1, 0.15) is 11.7 Å². The van der Waals surface area contributed by atoms with Crippen LogP contribution in [0.1, 0.15) is 24.3 Å². The number of benzene rings is 1. The number of thioether (sulfide) groups is 1. The lowest BCUT2D eigenvalue weighted by Gasteiger charge is -2.14. The van der Waals surface area contributed by atoms with Gasteiger partial charge in [-0.1, -0.05) is 6.92 Å². The van der Waals surface area contributed by atoms with E-state index in [0.717, 1.165) is 12.3 Å². The standard InChI is InChI=1S/C14H15F3N2O5S2/c1-3-25-7-13(20)12-5-8-4-11(19(21)22)9(14(15,16)17)6-10(8)18(12)26(2,23)24/h4-6,13,20H,3,7H2,1-2H3. The molecule has 0 bridgehead atoms. The van der Waals surface area contributed by atoms with E-state index in [0.29, 0.717) is 21.9 Å². The van der Waals surface area contributed by atoms with Gasteiger partial charge in [0.2, 0.25) is 10.0 Å². The molecule has 12 heteroatoms. The summed E-state index contributed by atoms with van der Waals surface area (Å²) in [6.07, 6.45) is -5.53. The Hall–Kier alpha value is -1.79. The summed E-state index contributed by atoms with van der Waals surface area (Å²) in [6.45, 7) is 1.82. The summed E-state index contributed by atoms with van der Waals surface area (Å²) in [5.41, 5.74) is -3.25.